The summed E-state index contributed by atoms with van der Waals surface area (Å²) in [6, 6.07) is 0. The lowest BCUT2D eigenvalue weighted by Crippen LogP contribution is -2.37. The summed E-state index contributed by atoms with van der Waals surface area (Å²) in [6.45, 7) is 4.49. The monoisotopic (exact) mass is 158 g/mol. The molecule has 5 heteroatoms. The van der Waals surface area contributed by atoms with E-state index in [1.807, 2.05) is 6.92 Å². The maximum atomic E-state index is 10.4. The summed E-state index contributed by atoms with van der Waals surface area (Å²) >= 11 is 0. The molecule has 0 unspecified atom stereocenters. The number of hydrogen-bond acceptors (Lipinski definition) is 4. The molecule has 0 N–H and O–H groups in total. The van der Waals surface area contributed by atoms with Gasteiger partial charge in [0.2, 0.25) is 0 Å². The van der Waals surface area contributed by atoms with Gasteiger partial charge in [0, 0.05) is 20.1 Å². The van der Waals surface area contributed by atoms with E-state index in [1.165, 1.54) is 6.92 Å². The molecule has 0 aliphatic carbocycles. The normalized spacial score (nSPS) is 20.0. The van der Waals surface area contributed by atoms with Gasteiger partial charge in [-0.2, -0.15) is 0 Å². The van der Waals surface area contributed by atoms with Crippen LogP contribution in [0.2, 0.25) is 0 Å². The Labute approximate surface area is 66.0 Å². The van der Waals surface area contributed by atoms with Gasteiger partial charge in [0.05, 0.1) is 0 Å². The summed E-state index contributed by atoms with van der Waals surface area (Å²) in [6.07, 6.45) is 0. The van der Waals surface area contributed by atoms with E-state index < -0.39 is 7.32 Å². The third-order valence-electron chi connectivity index (χ3n) is 1.30. The van der Waals surface area contributed by atoms with Crippen molar-refractivity contribution < 1.29 is 18.8 Å². The molecule has 62 valence electrons. The molecule has 0 saturated carbocycles. The van der Waals surface area contributed by atoms with Crippen molar-refractivity contribution in [1.82, 2.24) is 0 Å². The van der Waals surface area contributed by atoms with Gasteiger partial charge in [-0.25, -0.2) is 0 Å². The average molecular weight is 158 g/mol. The quantitative estimate of drug-likeness (QED) is 0.512. The van der Waals surface area contributed by atoms with Gasteiger partial charge >= 0.3 is 7.32 Å². The van der Waals surface area contributed by atoms with Gasteiger partial charge in [-0.3, -0.25) is 4.79 Å². The lowest BCUT2D eigenvalue weighted by molar-refractivity contribution is -0.136. The highest BCUT2D eigenvalue weighted by Gasteiger charge is 2.30. The Bertz CT molecular complexity index is 142. The first kappa shape index (κ1) is 8.55. The third kappa shape index (κ3) is 2.90. The van der Waals surface area contributed by atoms with E-state index in [0.29, 0.717) is 19.1 Å². The summed E-state index contributed by atoms with van der Waals surface area (Å²) in [7, 11) is -0.788. The van der Waals surface area contributed by atoms with Crippen LogP contribution in [0.25, 0.3) is 0 Å². The number of carbonyl (C=O) groups excluding carboxylic acids is 1. The molecule has 1 aliphatic heterocycles. The van der Waals surface area contributed by atoms with Gasteiger partial charge in [-0.15, -0.1) is 0 Å². The highest BCUT2D eigenvalue weighted by atomic mass is 16.8. The number of rotatable bonds is 1. The summed E-state index contributed by atoms with van der Waals surface area (Å²) in [5.41, 5.74) is 0. The molecular weight excluding hydrogens is 147 g/mol. The second kappa shape index (κ2) is 3.73. The fourth-order valence-corrected chi connectivity index (χ4v) is 0.785. The fraction of sp³-hybridized carbons (Fsp3) is 0.833. The molecular formula is C6H11BO4. The van der Waals surface area contributed by atoms with Crippen LogP contribution in [0.3, 0.4) is 0 Å². The van der Waals surface area contributed by atoms with Crippen molar-refractivity contribution in [3.8, 4) is 0 Å². The first-order valence-corrected chi connectivity index (χ1v) is 3.59. The zero-order valence-electron chi connectivity index (χ0n) is 6.70. The van der Waals surface area contributed by atoms with E-state index in [1.54, 1.807) is 0 Å². The Morgan fingerprint density at radius 1 is 1.55 bits per heavy atom. The van der Waals surface area contributed by atoms with E-state index >= 15 is 0 Å². The molecule has 0 aromatic carbocycles. The van der Waals surface area contributed by atoms with Crippen LogP contribution in [0.5, 0.6) is 0 Å². The molecule has 4 nitrogen and oxygen atoms in total. The molecule has 1 aliphatic rings. The van der Waals surface area contributed by atoms with Gasteiger partial charge in [0.1, 0.15) is 0 Å². The Kier molecular flexibility index (Phi) is 2.90. The molecule has 0 amide bonds. The molecule has 0 bridgehead atoms. The minimum absolute atomic E-state index is 0.377. The Hall–Kier alpha value is -0.545. The van der Waals surface area contributed by atoms with Gasteiger partial charge in [-0.05, 0) is 5.92 Å². The zero-order chi connectivity index (χ0) is 8.27. The first-order chi connectivity index (χ1) is 5.18. The largest absolute Gasteiger partial charge is 0.715 e. The highest BCUT2D eigenvalue weighted by Crippen LogP contribution is 2.07. The fourth-order valence-electron chi connectivity index (χ4n) is 0.785. The van der Waals surface area contributed by atoms with E-state index in [2.05, 4.69) is 4.65 Å². The first-order valence-electron chi connectivity index (χ1n) is 3.59. The predicted molar refractivity (Wildman–Crippen MR) is 38.6 cm³/mol. The van der Waals surface area contributed by atoms with Crippen LogP contribution in [0.1, 0.15) is 13.8 Å². The van der Waals surface area contributed by atoms with Crippen molar-refractivity contribution in [2.75, 3.05) is 13.2 Å². The molecule has 0 aromatic rings. The van der Waals surface area contributed by atoms with Crippen LogP contribution in [0, 0.1) is 5.92 Å². The van der Waals surface area contributed by atoms with Gasteiger partial charge < -0.3 is 14.0 Å². The van der Waals surface area contributed by atoms with Crippen LogP contribution >= 0.6 is 0 Å². The van der Waals surface area contributed by atoms with Crippen LogP contribution in [0.4, 0.5) is 0 Å². The molecule has 1 fully saturated rings. The average Bonchev–Trinajstić information content (AvgIpc) is 1.93. The maximum absolute atomic E-state index is 10.4. The van der Waals surface area contributed by atoms with E-state index in [4.69, 9.17) is 9.31 Å². The van der Waals surface area contributed by atoms with E-state index in [-0.39, 0.29) is 5.97 Å². The Morgan fingerprint density at radius 2 is 2.09 bits per heavy atom. The van der Waals surface area contributed by atoms with Crippen LogP contribution in [-0.4, -0.2) is 26.5 Å². The lowest BCUT2D eigenvalue weighted by Gasteiger charge is -2.22. The molecule has 0 spiro atoms. The molecule has 1 saturated heterocycles. The predicted octanol–water partition coefficient (Wildman–Crippen LogP) is 0.217. The van der Waals surface area contributed by atoms with Crippen LogP contribution < -0.4 is 0 Å². The third-order valence-corrected chi connectivity index (χ3v) is 1.30. The van der Waals surface area contributed by atoms with Gasteiger partial charge in [0.25, 0.3) is 5.97 Å². The van der Waals surface area contributed by atoms with Crippen molar-refractivity contribution in [2.24, 2.45) is 5.92 Å². The van der Waals surface area contributed by atoms with Gasteiger partial charge in [0.15, 0.2) is 0 Å². The van der Waals surface area contributed by atoms with Gasteiger partial charge in [-0.1, -0.05) is 6.92 Å². The van der Waals surface area contributed by atoms with Crippen molar-refractivity contribution in [1.29, 1.82) is 0 Å². The SMILES string of the molecule is CC(=O)OB1OCC(C)CO1. The Morgan fingerprint density at radius 3 is 2.55 bits per heavy atom. The van der Waals surface area contributed by atoms with Crippen molar-refractivity contribution >= 4 is 13.3 Å². The second-order valence-corrected chi connectivity index (χ2v) is 2.67. The van der Waals surface area contributed by atoms with Crippen LogP contribution in [-0.2, 0) is 18.8 Å². The molecule has 0 aromatic heterocycles. The van der Waals surface area contributed by atoms with Crippen molar-refractivity contribution in [3.63, 3.8) is 0 Å². The van der Waals surface area contributed by atoms with E-state index in [0.717, 1.165) is 0 Å². The minimum atomic E-state index is -0.788. The standard InChI is InChI=1S/C6H11BO4/c1-5-3-9-7(10-4-5)11-6(2)8/h5H,3-4H2,1-2H3. The summed E-state index contributed by atoms with van der Waals surface area (Å²) in [4.78, 5) is 10.4. The molecule has 1 heterocycles. The highest BCUT2D eigenvalue weighted by molar-refractivity contribution is 6.39. The summed E-state index contributed by atoms with van der Waals surface area (Å²) in [5, 5.41) is 0. The van der Waals surface area contributed by atoms with Crippen molar-refractivity contribution in [3.05, 3.63) is 0 Å². The maximum Gasteiger partial charge on any atom is 0.715 e. The summed E-state index contributed by atoms with van der Waals surface area (Å²) < 4.78 is 14.7. The second-order valence-electron chi connectivity index (χ2n) is 2.67. The zero-order valence-corrected chi connectivity index (χ0v) is 6.70. The summed E-state index contributed by atoms with van der Waals surface area (Å²) in [5.74, 6) is -0.00800. The lowest BCUT2D eigenvalue weighted by atomic mass is 10.1. The molecule has 0 radical (unpaired) electrons. The molecule has 0 atom stereocenters. The molecule has 11 heavy (non-hydrogen) atoms. The number of hydrogen-bond donors (Lipinski definition) is 0. The topological polar surface area (TPSA) is 44.8 Å². The molecule has 1 rings (SSSR count). The van der Waals surface area contributed by atoms with E-state index in [9.17, 15) is 4.79 Å². The van der Waals surface area contributed by atoms with Crippen LogP contribution in [0.15, 0.2) is 0 Å². The Balaban J connectivity index is 2.22. The smallest absolute Gasteiger partial charge is 0.485 e. The number of carbonyl (C=O) groups is 1. The minimum Gasteiger partial charge on any atom is -0.485 e. The van der Waals surface area contributed by atoms with Crippen molar-refractivity contribution in [2.45, 2.75) is 13.8 Å².